The van der Waals surface area contributed by atoms with Crippen molar-refractivity contribution in [1.29, 1.82) is 0 Å². The number of carbonyl (C=O) groups is 1. The minimum absolute atomic E-state index is 0.147. The summed E-state index contributed by atoms with van der Waals surface area (Å²) in [5, 5.41) is 13.5. The van der Waals surface area contributed by atoms with Crippen molar-refractivity contribution in [2.24, 2.45) is 5.10 Å². The largest absolute Gasteiger partial charge is 0.508 e. The molecule has 0 aliphatic rings. The molecule has 0 atom stereocenters. The van der Waals surface area contributed by atoms with E-state index in [2.05, 4.69) is 10.5 Å². The van der Waals surface area contributed by atoms with Crippen molar-refractivity contribution in [3.63, 3.8) is 0 Å². The lowest BCUT2D eigenvalue weighted by molar-refractivity contribution is -0.120. The molecule has 1 amide bonds. The molecular formula is C17H18N2O2. The molecule has 0 unspecified atom stereocenters. The Morgan fingerprint density at radius 3 is 2.38 bits per heavy atom. The number of phenols is 1. The SMILES string of the molecule is CCC(=NNC(=O)Cc1ccccc1)c1ccc(O)cc1. The van der Waals surface area contributed by atoms with Crippen LogP contribution in [0.1, 0.15) is 24.5 Å². The lowest BCUT2D eigenvalue weighted by atomic mass is 10.1. The van der Waals surface area contributed by atoms with Crippen LogP contribution in [-0.2, 0) is 11.2 Å². The Bertz CT molecular complexity index is 619. The molecule has 0 heterocycles. The van der Waals surface area contributed by atoms with E-state index in [0.29, 0.717) is 12.8 Å². The van der Waals surface area contributed by atoms with Gasteiger partial charge < -0.3 is 5.11 Å². The third-order valence-electron chi connectivity index (χ3n) is 3.06. The van der Waals surface area contributed by atoms with Crippen molar-refractivity contribution in [2.45, 2.75) is 19.8 Å². The predicted octanol–water partition coefficient (Wildman–Crippen LogP) is 2.87. The summed E-state index contributed by atoms with van der Waals surface area (Å²) in [5.74, 6) is 0.0632. The summed E-state index contributed by atoms with van der Waals surface area (Å²) in [6.07, 6.45) is 0.993. The standard InChI is InChI=1S/C17H18N2O2/c1-2-16(14-8-10-15(20)11-9-14)18-19-17(21)12-13-6-4-3-5-7-13/h3-11,20H,2,12H2,1H3,(H,19,21). The van der Waals surface area contributed by atoms with Crippen LogP contribution in [0.25, 0.3) is 0 Å². The van der Waals surface area contributed by atoms with Crippen molar-refractivity contribution < 1.29 is 9.90 Å². The Balaban J connectivity index is 2.00. The van der Waals surface area contributed by atoms with E-state index in [-0.39, 0.29) is 11.7 Å². The lowest BCUT2D eigenvalue weighted by Crippen LogP contribution is -2.21. The highest BCUT2D eigenvalue weighted by Gasteiger charge is 2.04. The van der Waals surface area contributed by atoms with E-state index in [9.17, 15) is 9.90 Å². The van der Waals surface area contributed by atoms with E-state index in [1.807, 2.05) is 37.3 Å². The summed E-state index contributed by atoms with van der Waals surface area (Å²) < 4.78 is 0. The van der Waals surface area contributed by atoms with E-state index in [0.717, 1.165) is 16.8 Å². The van der Waals surface area contributed by atoms with Gasteiger partial charge in [-0.3, -0.25) is 4.79 Å². The smallest absolute Gasteiger partial charge is 0.244 e. The second-order valence-electron chi connectivity index (χ2n) is 4.66. The van der Waals surface area contributed by atoms with Crippen molar-refractivity contribution >= 4 is 11.6 Å². The maximum absolute atomic E-state index is 11.9. The molecule has 0 saturated carbocycles. The molecule has 4 heteroatoms. The summed E-state index contributed by atoms with van der Waals surface area (Å²) in [6, 6.07) is 16.3. The molecule has 0 aromatic heterocycles. The van der Waals surface area contributed by atoms with Gasteiger partial charge in [-0.25, -0.2) is 5.43 Å². The third kappa shape index (κ3) is 4.45. The Kier molecular flexibility index (Phi) is 5.10. The minimum atomic E-state index is -0.147. The zero-order chi connectivity index (χ0) is 15.1. The number of amides is 1. The lowest BCUT2D eigenvalue weighted by Gasteiger charge is -2.05. The van der Waals surface area contributed by atoms with Crippen LogP contribution in [0.4, 0.5) is 0 Å². The van der Waals surface area contributed by atoms with Crippen molar-refractivity contribution in [3.05, 3.63) is 65.7 Å². The zero-order valence-corrected chi connectivity index (χ0v) is 11.9. The number of hydrogen-bond acceptors (Lipinski definition) is 3. The Morgan fingerprint density at radius 1 is 1.10 bits per heavy atom. The average molecular weight is 282 g/mol. The molecule has 0 aliphatic heterocycles. The topological polar surface area (TPSA) is 61.7 Å². The van der Waals surface area contributed by atoms with Gasteiger partial charge in [-0.05, 0) is 41.8 Å². The van der Waals surface area contributed by atoms with Gasteiger partial charge in [0.05, 0.1) is 12.1 Å². The molecule has 2 aromatic carbocycles. The van der Waals surface area contributed by atoms with Crippen LogP contribution >= 0.6 is 0 Å². The summed E-state index contributed by atoms with van der Waals surface area (Å²) in [7, 11) is 0. The van der Waals surface area contributed by atoms with Gasteiger partial charge in [0.2, 0.25) is 5.91 Å². The molecule has 2 N–H and O–H groups in total. The fourth-order valence-electron chi connectivity index (χ4n) is 1.95. The van der Waals surface area contributed by atoms with Crippen LogP contribution in [-0.4, -0.2) is 16.7 Å². The molecule has 0 radical (unpaired) electrons. The molecule has 2 rings (SSSR count). The highest BCUT2D eigenvalue weighted by molar-refractivity contribution is 6.01. The van der Waals surface area contributed by atoms with Gasteiger partial charge in [-0.15, -0.1) is 0 Å². The van der Waals surface area contributed by atoms with Gasteiger partial charge in [0.15, 0.2) is 0 Å². The van der Waals surface area contributed by atoms with Crippen molar-refractivity contribution in [2.75, 3.05) is 0 Å². The van der Waals surface area contributed by atoms with E-state index in [1.54, 1.807) is 24.3 Å². The highest BCUT2D eigenvalue weighted by Crippen LogP contribution is 2.11. The Hall–Kier alpha value is -2.62. The first-order chi connectivity index (χ1) is 10.2. The summed E-state index contributed by atoms with van der Waals surface area (Å²) in [4.78, 5) is 11.9. The number of aromatic hydroxyl groups is 1. The highest BCUT2D eigenvalue weighted by atomic mass is 16.3. The summed E-state index contributed by atoms with van der Waals surface area (Å²) >= 11 is 0. The van der Waals surface area contributed by atoms with Crippen LogP contribution in [0.3, 0.4) is 0 Å². The Labute approximate surface area is 124 Å². The molecule has 2 aromatic rings. The quantitative estimate of drug-likeness (QED) is 0.654. The maximum atomic E-state index is 11.9. The van der Waals surface area contributed by atoms with Gasteiger partial charge in [-0.2, -0.15) is 5.10 Å². The van der Waals surface area contributed by atoms with Crippen molar-refractivity contribution in [1.82, 2.24) is 5.43 Å². The van der Waals surface area contributed by atoms with E-state index >= 15 is 0 Å². The molecule has 0 fully saturated rings. The first-order valence-corrected chi connectivity index (χ1v) is 6.87. The van der Waals surface area contributed by atoms with Crippen LogP contribution in [0.5, 0.6) is 5.75 Å². The van der Waals surface area contributed by atoms with Gasteiger partial charge in [0.25, 0.3) is 0 Å². The van der Waals surface area contributed by atoms with Crippen LogP contribution in [0.15, 0.2) is 59.7 Å². The normalized spacial score (nSPS) is 11.2. The first kappa shape index (κ1) is 14.8. The summed E-state index contributed by atoms with van der Waals surface area (Å²) in [6.45, 7) is 1.97. The number of hydrogen-bond donors (Lipinski definition) is 2. The fraction of sp³-hybridized carbons (Fsp3) is 0.176. The molecule has 0 aliphatic carbocycles. The zero-order valence-electron chi connectivity index (χ0n) is 11.9. The number of carbonyl (C=O) groups excluding carboxylic acids is 1. The van der Waals surface area contributed by atoms with E-state index in [4.69, 9.17) is 0 Å². The van der Waals surface area contributed by atoms with E-state index < -0.39 is 0 Å². The summed E-state index contributed by atoms with van der Waals surface area (Å²) in [5.41, 5.74) is 5.19. The average Bonchev–Trinajstić information content (AvgIpc) is 2.50. The number of nitrogens with zero attached hydrogens (tertiary/aromatic N) is 1. The minimum Gasteiger partial charge on any atom is -0.508 e. The van der Waals surface area contributed by atoms with Crippen LogP contribution in [0, 0.1) is 0 Å². The molecule has 0 spiro atoms. The molecule has 108 valence electrons. The van der Waals surface area contributed by atoms with Gasteiger partial charge >= 0.3 is 0 Å². The monoisotopic (exact) mass is 282 g/mol. The van der Waals surface area contributed by atoms with Gasteiger partial charge in [0, 0.05) is 0 Å². The number of hydrazone groups is 1. The molecule has 0 bridgehead atoms. The third-order valence-corrected chi connectivity index (χ3v) is 3.06. The number of benzene rings is 2. The van der Waals surface area contributed by atoms with Crippen LogP contribution in [0.2, 0.25) is 0 Å². The van der Waals surface area contributed by atoms with Gasteiger partial charge in [0.1, 0.15) is 5.75 Å². The second kappa shape index (κ2) is 7.24. The first-order valence-electron chi connectivity index (χ1n) is 6.87. The number of phenolic OH excluding ortho intramolecular Hbond substituents is 1. The maximum Gasteiger partial charge on any atom is 0.244 e. The van der Waals surface area contributed by atoms with E-state index in [1.165, 1.54) is 0 Å². The molecule has 4 nitrogen and oxygen atoms in total. The second-order valence-corrected chi connectivity index (χ2v) is 4.66. The fourth-order valence-corrected chi connectivity index (χ4v) is 1.95. The van der Waals surface area contributed by atoms with Crippen molar-refractivity contribution in [3.8, 4) is 5.75 Å². The van der Waals surface area contributed by atoms with Crippen LogP contribution < -0.4 is 5.43 Å². The molecule has 0 saturated heterocycles. The molecular weight excluding hydrogens is 264 g/mol. The number of rotatable bonds is 5. The van der Waals surface area contributed by atoms with Gasteiger partial charge in [-0.1, -0.05) is 37.3 Å². The number of nitrogens with one attached hydrogen (secondary N) is 1. The Morgan fingerprint density at radius 2 is 1.76 bits per heavy atom. The molecule has 21 heavy (non-hydrogen) atoms. The predicted molar refractivity (Wildman–Crippen MR) is 83.2 cm³/mol.